The van der Waals surface area contributed by atoms with E-state index in [0.717, 1.165) is 5.92 Å². The second kappa shape index (κ2) is 6.55. The van der Waals surface area contributed by atoms with Gasteiger partial charge in [-0.25, -0.2) is 0 Å². The van der Waals surface area contributed by atoms with Gasteiger partial charge in [0.15, 0.2) is 0 Å². The van der Waals surface area contributed by atoms with E-state index in [-0.39, 0.29) is 0 Å². The molecule has 2 unspecified atom stereocenters. The van der Waals surface area contributed by atoms with E-state index in [1.54, 1.807) is 4.88 Å². The van der Waals surface area contributed by atoms with E-state index in [9.17, 15) is 0 Å². The molecule has 0 aliphatic heterocycles. The highest BCUT2D eigenvalue weighted by Crippen LogP contribution is 2.37. The van der Waals surface area contributed by atoms with E-state index in [2.05, 4.69) is 36.7 Å². The molecular weight excluding hydrogens is 226 g/mol. The third-order valence-corrected chi connectivity index (χ3v) is 4.86. The van der Waals surface area contributed by atoms with Crippen LogP contribution >= 0.6 is 11.3 Å². The summed E-state index contributed by atoms with van der Waals surface area (Å²) in [7, 11) is 0. The third-order valence-electron chi connectivity index (χ3n) is 3.91. The summed E-state index contributed by atoms with van der Waals surface area (Å²) < 4.78 is 0. The summed E-state index contributed by atoms with van der Waals surface area (Å²) in [4.78, 5) is 1.54. The van der Waals surface area contributed by atoms with Crippen LogP contribution < -0.4 is 5.32 Å². The molecule has 1 aromatic heterocycles. The molecular formula is C15H25NS. The summed E-state index contributed by atoms with van der Waals surface area (Å²) >= 11 is 1.92. The number of thiophene rings is 1. The Morgan fingerprint density at radius 2 is 2.18 bits per heavy atom. The van der Waals surface area contributed by atoms with Crippen molar-refractivity contribution in [3.63, 3.8) is 0 Å². The van der Waals surface area contributed by atoms with Crippen LogP contribution in [0.2, 0.25) is 0 Å². The van der Waals surface area contributed by atoms with Crippen molar-refractivity contribution < 1.29 is 0 Å². The average molecular weight is 251 g/mol. The minimum atomic E-state index is 0.610. The van der Waals surface area contributed by atoms with Gasteiger partial charge in [0.25, 0.3) is 0 Å². The molecule has 1 nitrogen and oxygen atoms in total. The molecule has 0 bridgehead atoms. The van der Waals surface area contributed by atoms with Crippen molar-refractivity contribution >= 4 is 11.3 Å². The van der Waals surface area contributed by atoms with Gasteiger partial charge in [-0.2, -0.15) is 0 Å². The highest BCUT2D eigenvalue weighted by molar-refractivity contribution is 7.10. The quantitative estimate of drug-likeness (QED) is 0.769. The lowest BCUT2D eigenvalue weighted by Crippen LogP contribution is -2.33. The monoisotopic (exact) mass is 251 g/mol. The van der Waals surface area contributed by atoms with Crippen molar-refractivity contribution in [2.45, 2.75) is 64.5 Å². The minimum Gasteiger partial charge on any atom is -0.306 e. The maximum atomic E-state index is 3.87. The topological polar surface area (TPSA) is 12.0 Å². The Morgan fingerprint density at radius 3 is 2.76 bits per heavy atom. The summed E-state index contributed by atoms with van der Waals surface area (Å²) in [5.41, 5.74) is 0. The van der Waals surface area contributed by atoms with Gasteiger partial charge in [0.05, 0.1) is 0 Å². The Morgan fingerprint density at radius 1 is 1.41 bits per heavy atom. The lowest BCUT2D eigenvalue weighted by Gasteiger charge is -2.27. The number of hydrogen-bond donors (Lipinski definition) is 1. The highest BCUT2D eigenvalue weighted by atomic mass is 32.1. The van der Waals surface area contributed by atoms with Crippen molar-refractivity contribution in [1.82, 2.24) is 5.32 Å². The zero-order valence-corrected chi connectivity index (χ0v) is 11.9. The molecule has 0 amide bonds. The van der Waals surface area contributed by atoms with Crippen LogP contribution in [-0.2, 0) is 0 Å². The molecule has 1 aliphatic rings. The van der Waals surface area contributed by atoms with Gasteiger partial charge in [-0.05, 0) is 43.6 Å². The van der Waals surface area contributed by atoms with Crippen LogP contribution in [0.4, 0.5) is 0 Å². The van der Waals surface area contributed by atoms with E-state index in [0.29, 0.717) is 12.1 Å². The second-order valence-corrected chi connectivity index (χ2v) is 6.37. The maximum Gasteiger partial charge on any atom is 0.0445 e. The molecule has 1 saturated carbocycles. The van der Waals surface area contributed by atoms with Gasteiger partial charge in [0, 0.05) is 17.0 Å². The first kappa shape index (κ1) is 13.1. The van der Waals surface area contributed by atoms with E-state index in [4.69, 9.17) is 0 Å². The fourth-order valence-corrected chi connectivity index (χ4v) is 3.91. The van der Waals surface area contributed by atoms with E-state index >= 15 is 0 Å². The van der Waals surface area contributed by atoms with Crippen LogP contribution in [0.5, 0.6) is 0 Å². The zero-order valence-electron chi connectivity index (χ0n) is 11.1. The molecule has 0 aromatic carbocycles. The maximum absolute atomic E-state index is 3.87. The lowest BCUT2D eigenvalue weighted by atomic mass is 9.95. The predicted octanol–water partition coefficient (Wildman–Crippen LogP) is 4.76. The van der Waals surface area contributed by atoms with Gasteiger partial charge < -0.3 is 5.32 Å². The van der Waals surface area contributed by atoms with E-state index < -0.39 is 0 Å². The SMILES string of the molecule is CCCC(C)NC(c1cccs1)C1CCCC1. The van der Waals surface area contributed by atoms with Gasteiger partial charge in [-0.1, -0.05) is 32.3 Å². The summed E-state index contributed by atoms with van der Waals surface area (Å²) in [6.45, 7) is 4.60. The van der Waals surface area contributed by atoms with Crippen LogP contribution in [0.15, 0.2) is 17.5 Å². The fraction of sp³-hybridized carbons (Fsp3) is 0.733. The van der Waals surface area contributed by atoms with Crippen molar-refractivity contribution in [2.24, 2.45) is 5.92 Å². The van der Waals surface area contributed by atoms with Crippen LogP contribution in [0.3, 0.4) is 0 Å². The molecule has 17 heavy (non-hydrogen) atoms. The molecule has 1 heterocycles. The summed E-state index contributed by atoms with van der Waals surface area (Å²) in [5, 5.41) is 6.08. The average Bonchev–Trinajstić information content (AvgIpc) is 3.00. The molecule has 1 fully saturated rings. The van der Waals surface area contributed by atoms with Crippen molar-refractivity contribution in [2.75, 3.05) is 0 Å². The summed E-state index contributed by atoms with van der Waals surface area (Å²) in [6, 6.07) is 5.75. The standard InChI is InChI=1S/C15H25NS/c1-3-7-12(2)16-15(13-8-4-5-9-13)14-10-6-11-17-14/h6,10-13,15-16H,3-5,7-9H2,1-2H3. The van der Waals surface area contributed by atoms with Gasteiger partial charge in [-0.15, -0.1) is 11.3 Å². The van der Waals surface area contributed by atoms with Crippen molar-refractivity contribution in [3.05, 3.63) is 22.4 Å². The largest absolute Gasteiger partial charge is 0.306 e. The smallest absolute Gasteiger partial charge is 0.0445 e. The van der Waals surface area contributed by atoms with Crippen LogP contribution in [0.25, 0.3) is 0 Å². The molecule has 0 spiro atoms. The van der Waals surface area contributed by atoms with Crippen molar-refractivity contribution in [3.8, 4) is 0 Å². The molecule has 1 N–H and O–H groups in total. The molecule has 0 saturated heterocycles. The highest BCUT2D eigenvalue weighted by Gasteiger charge is 2.27. The number of rotatable bonds is 6. The summed E-state index contributed by atoms with van der Waals surface area (Å²) in [5.74, 6) is 0.868. The Hall–Kier alpha value is -0.340. The van der Waals surface area contributed by atoms with Gasteiger partial charge in [-0.3, -0.25) is 0 Å². The Kier molecular flexibility index (Phi) is 5.05. The molecule has 2 rings (SSSR count). The molecule has 2 atom stereocenters. The minimum absolute atomic E-state index is 0.610. The fourth-order valence-electron chi connectivity index (χ4n) is 3.03. The predicted molar refractivity (Wildman–Crippen MR) is 76.5 cm³/mol. The molecule has 96 valence electrons. The van der Waals surface area contributed by atoms with Crippen molar-refractivity contribution in [1.29, 1.82) is 0 Å². The Bertz CT molecular complexity index is 301. The van der Waals surface area contributed by atoms with Crippen LogP contribution in [0.1, 0.15) is 63.3 Å². The first-order valence-corrected chi connectivity index (χ1v) is 7.98. The van der Waals surface area contributed by atoms with Crippen LogP contribution in [0, 0.1) is 5.92 Å². The zero-order chi connectivity index (χ0) is 12.1. The first-order chi connectivity index (χ1) is 8.31. The van der Waals surface area contributed by atoms with E-state index in [1.807, 2.05) is 11.3 Å². The Labute approximate surface area is 110 Å². The lowest BCUT2D eigenvalue weighted by molar-refractivity contribution is 0.331. The third kappa shape index (κ3) is 3.56. The normalized spacial score (nSPS) is 20.6. The molecule has 1 aliphatic carbocycles. The molecule has 1 aromatic rings. The van der Waals surface area contributed by atoms with Gasteiger partial charge >= 0.3 is 0 Å². The van der Waals surface area contributed by atoms with Gasteiger partial charge in [0.1, 0.15) is 0 Å². The molecule has 2 heteroatoms. The number of hydrogen-bond acceptors (Lipinski definition) is 2. The second-order valence-electron chi connectivity index (χ2n) is 5.39. The summed E-state index contributed by atoms with van der Waals surface area (Å²) in [6.07, 6.45) is 8.24. The van der Waals surface area contributed by atoms with Crippen LogP contribution in [-0.4, -0.2) is 6.04 Å². The Balaban J connectivity index is 2.02. The molecule has 0 radical (unpaired) electrons. The number of nitrogens with one attached hydrogen (secondary N) is 1. The van der Waals surface area contributed by atoms with Gasteiger partial charge in [0.2, 0.25) is 0 Å². The first-order valence-electron chi connectivity index (χ1n) is 7.10. The van der Waals surface area contributed by atoms with E-state index in [1.165, 1.54) is 38.5 Å².